The molecule has 0 atom stereocenters. The first-order chi connectivity index (χ1) is 12.5. The zero-order valence-electron chi connectivity index (χ0n) is 15.9. The van der Waals surface area contributed by atoms with Gasteiger partial charge in [-0.2, -0.15) is 0 Å². The van der Waals surface area contributed by atoms with Crippen LogP contribution in [0.2, 0.25) is 0 Å². The largest absolute Gasteiger partial charge is 0.376 e. The molecule has 144 valence electrons. The van der Waals surface area contributed by atoms with Gasteiger partial charge in [0.25, 0.3) is 5.56 Å². The maximum absolute atomic E-state index is 11.5. The monoisotopic (exact) mass is 361 g/mol. The molecule has 1 amide bonds. The molecule has 0 saturated heterocycles. The lowest BCUT2D eigenvalue weighted by Gasteiger charge is -2.32. The molecular weight excluding hydrogens is 330 g/mol. The molecule has 4 rings (SSSR count). The second-order valence-electron chi connectivity index (χ2n) is 7.86. The molecular formula is C20H31N3O3. The summed E-state index contributed by atoms with van der Waals surface area (Å²) in [4.78, 5) is 27.0. The van der Waals surface area contributed by atoms with E-state index in [2.05, 4.69) is 22.1 Å². The molecule has 6 nitrogen and oxygen atoms in total. The number of fused-ring (bicyclic) bond motifs is 1. The average Bonchev–Trinajstić information content (AvgIpc) is 3.29. The lowest BCUT2D eigenvalue weighted by atomic mass is 9.84. The summed E-state index contributed by atoms with van der Waals surface area (Å²) < 4.78 is 5.48. The molecule has 0 spiro atoms. The minimum atomic E-state index is 0.0144. The molecule has 2 heterocycles. The van der Waals surface area contributed by atoms with Gasteiger partial charge in [0.05, 0.1) is 12.7 Å². The molecule has 3 aliphatic rings. The van der Waals surface area contributed by atoms with Gasteiger partial charge in [-0.25, -0.2) is 0 Å². The molecule has 26 heavy (non-hydrogen) atoms. The third kappa shape index (κ3) is 5.34. The Labute approximate surface area is 155 Å². The molecule has 0 bridgehead atoms. The second kappa shape index (κ2) is 8.71. The summed E-state index contributed by atoms with van der Waals surface area (Å²) in [6.45, 7) is 7.21. The number of hydrogen-bond donors (Lipinski definition) is 2. The van der Waals surface area contributed by atoms with Gasteiger partial charge < -0.3 is 19.9 Å². The summed E-state index contributed by atoms with van der Waals surface area (Å²) >= 11 is 0. The van der Waals surface area contributed by atoms with Gasteiger partial charge in [-0.05, 0) is 50.0 Å². The summed E-state index contributed by atoms with van der Waals surface area (Å²) in [6, 6.07) is 2.03. The summed E-state index contributed by atoms with van der Waals surface area (Å²) in [5.74, 6) is 1.73. The predicted octanol–water partition coefficient (Wildman–Crippen LogP) is 2.08. The zero-order valence-corrected chi connectivity index (χ0v) is 15.9. The maximum atomic E-state index is 11.5. The number of carbonyl (C=O) groups is 1. The second-order valence-corrected chi connectivity index (χ2v) is 7.86. The van der Waals surface area contributed by atoms with E-state index in [1.54, 1.807) is 6.20 Å². The van der Waals surface area contributed by atoms with Crippen molar-refractivity contribution in [2.24, 2.45) is 11.8 Å². The molecule has 0 aromatic carbocycles. The zero-order chi connectivity index (χ0) is 18.5. The van der Waals surface area contributed by atoms with Crippen LogP contribution in [-0.2, 0) is 16.0 Å². The van der Waals surface area contributed by atoms with E-state index < -0.39 is 0 Å². The lowest BCUT2D eigenvalue weighted by Crippen LogP contribution is -2.33. The van der Waals surface area contributed by atoms with E-state index in [4.69, 9.17) is 4.74 Å². The quantitative estimate of drug-likeness (QED) is 0.761. The molecule has 2 saturated carbocycles. The number of nitrogens with one attached hydrogen (secondary N) is 2. The number of amides is 1. The van der Waals surface area contributed by atoms with Crippen molar-refractivity contribution in [2.75, 3.05) is 31.1 Å². The number of carbonyl (C=O) groups excluding carboxylic acids is 1. The van der Waals surface area contributed by atoms with Crippen molar-refractivity contribution < 1.29 is 9.53 Å². The fourth-order valence-electron chi connectivity index (χ4n) is 3.62. The number of aromatic nitrogens is 1. The van der Waals surface area contributed by atoms with Crippen molar-refractivity contribution in [1.82, 2.24) is 10.3 Å². The van der Waals surface area contributed by atoms with Crippen LogP contribution in [0.3, 0.4) is 0 Å². The Morgan fingerprint density at radius 2 is 2.15 bits per heavy atom. The summed E-state index contributed by atoms with van der Waals surface area (Å²) in [7, 11) is 0. The highest BCUT2D eigenvalue weighted by Gasteiger charge is 2.28. The van der Waals surface area contributed by atoms with E-state index in [0.717, 1.165) is 36.9 Å². The van der Waals surface area contributed by atoms with E-state index in [1.807, 2.05) is 6.07 Å². The minimum absolute atomic E-state index is 0.0144. The first-order valence-corrected chi connectivity index (χ1v) is 9.84. The molecule has 1 aromatic rings. The van der Waals surface area contributed by atoms with Gasteiger partial charge in [-0.1, -0.05) is 6.92 Å². The maximum Gasteiger partial charge on any atom is 0.253 e. The highest BCUT2D eigenvalue weighted by atomic mass is 16.5. The van der Waals surface area contributed by atoms with E-state index in [0.29, 0.717) is 19.3 Å². The van der Waals surface area contributed by atoms with Crippen molar-refractivity contribution in [2.45, 2.75) is 52.1 Å². The van der Waals surface area contributed by atoms with Gasteiger partial charge >= 0.3 is 0 Å². The van der Waals surface area contributed by atoms with Crippen LogP contribution in [0.1, 0.15) is 45.1 Å². The van der Waals surface area contributed by atoms with Gasteiger partial charge in [0.15, 0.2) is 0 Å². The minimum Gasteiger partial charge on any atom is -0.376 e. The van der Waals surface area contributed by atoms with Crippen LogP contribution in [0.5, 0.6) is 0 Å². The average molecular weight is 361 g/mol. The number of ether oxygens (including phenoxy) is 1. The Kier molecular flexibility index (Phi) is 6.35. The van der Waals surface area contributed by atoms with Crippen molar-refractivity contribution in [3.63, 3.8) is 0 Å². The third-order valence-corrected chi connectivity index (χ3v) is 5.35. The number of hydrogen-bond acceptors (Lipinski definition) is 4. The fourth-order valence-corrected chi connectivity index (χ4v) is 3.62. The van der Waals surface area contributed by atoms with Crippen molar-refractivity contribution in [3.05, 3.63) is 28.2 Å². The molecule has 0 radical (unpaired) electrons. The first-order valence-electron chi connectivity index (χ1n) is 9.84. The molecule has 0 unspecified atom stereocenters. The first kappa shape index (κ1) is 19.0. The van der Waals surface area contributed by atoms with E-state index in [-0.39, 0.29) is 11.5 Å². The Bertz CT molecular complexity index is 663. The highest BCUT2D eigenvalue weighted by molar-refractivity contribution is 5.72. The summed E-state index contributed by atoms with van der Waals surface area (Å²) in [6.07, 6.45) is 8.23. The van der Waals surface area contributed by atoms with Crippen LogP contribution in [-0.4, -0.2) is 43.2 Å². The third-order valence-electron chi connectivity index (χ3n) is 5.35. The van der Waals surface area contributed by atoms with Crippen LogP contribution < -0.4 is 15.8 Å². The van der Waals surface area contributed by atoms with Crippen LogP contribution >= 0.6 is 0 Å². The Morgan fingerprint density at radius 1 is 1.38 bits per heavy atom. The number of rotatable bonds is 6. The number of aromatic amines is 1. The summed E-state index contributed by atoms with van der Waals surface area (Å²) in [5, 5.41) is 2.70. The molecule has 1 aliphatic heterocycles. The Hall–Kier alpha value is -1.82. The smallest absolute Gasteiger partial charge is 0.253 e. The Balaban J connectivity index is 0.000000153. The van der Waals surface area contributed by atoms with Crippen molar-refractivity contribution in [3.8, 4) is 0 Å². The van der Waals surface area contributed by atoms with Gasteiger partial charge in [-0.15, -0.1) is 0 Å². The van der Waals surface area contributed by atoms with Crippen LogP contribution in [0.15, 0.2) is 17.1 Å². The lowest BCUT2D eigenvalue weighted by molar-refractivity contribution is -0.119. The number of anilines is 1. The van der Waals surface area contributed by atoms with Gasteiger partial charge in [0.1, 0.15) is 0 Å². The van der Waals surface area contributed by atoms with E-state index in [1.165, 1.54) is 38.3 Å². The molecule has 2 N–H and O–H groups in total. The summed E-state index contributed by atoms with van der Waals surface area (Å²) in [5.41, 5.74) is 2.24. The molecule has 6 heteroatoms. The normalized spacial score (nSPS) is 23.5. The van der Waals surface area contributed by atoms with Gasteiger partial charge in [-0.3, -0.25) is 9.59 Å². The predicted molar refractivity (Wildman–Crippen MR) is 103 cm³/mol. The van der Waals surface area contributed by atoms with E-state index >= 15 is 0 Å². The highest BCUT2D eigenvalue weighted by Crippen LogP contribution is 2.33. The topological polar surface area (TPSA) is 74.4 Å². The van der Waals surface area contributed by atoms with Crippen LogP contribution in [0.25, 0.3) is 0 Å². The fraction of sp³-hybridized carbons (Fsp3) is 0.700. The SMILES string of the molecule is CC(=O)NCCOC1CC(C)C1.O=c1[nH]ccc2c1CCN2CC1CC1. The standard InChI is InChI=1S/C11H14N2O.C9H17NO2/c14-11-9-4-6-13(7-8-1-2-8)10(9)3-5-12-11;1-7-5-9(6-7)12-4-3-10-8(2)11/h3,5,8H,1-2,4,6-7H2,(H,12,14);7,9H,3-6H2,1-2H3,(H,10,11). The van der Waals surface area contributed by atoms with Crippen molar-refractivity contribution in [1.29, 1.82) is 0 Å². The Morgan fingerprint density at radius 3 is 2.81 bits per heavy atom. The number of pyridine rings is 1. The molecule has 2 fully saturated rings. The van der Waals surface area contributed by atoms with Crippen LogP contribution in [0.4, 0.5) is 5.69 Å². The van der Waals surface area contributed by atoms with E-state index in [9.17, 15) is 9.59 Å². The van der Waals surface area contributed by atoms with Crippen molar-refractivity contribution >= 4 is 11.6 Å². The number of H-pyrrole nitrogens is 1. The number of nitrogens with zero attached hydrogens (tertiary/aromatic N) is 1. The molecule has 2 aliphatic carbocycles. The van der Waals surface area contributed by atoms with Gasteiger partial charge in [0, 0.05) is 44.0 Å². The molecule has 1 aromatic heterocycles. The van der Waals surface area contributed by atoms with Gasteiger partial charge in [0.2, 0.25) is 5.91 Å². The van der Waals surface area contributed by atoms with Crippen LogP contribution in [0, 0.1) is 11.8 Å².